The number of benzene rings is 1. The first-order chi connectivity index (χ1) is 9.19. The Morgan fingerprint density at radius 3 is 2.68 bits per heavy atom. The van der Waals surface area contributed by atoms with Gasteiger partial charge in [-0.1, -0.05) is 12.1 Å². The summed E-state index contributed by atoms with van der Waals surface area (Å²) in [6.45, 7) is 3.78. The highest BCUT2D eigenvalue weighted by Crippen LogP contribution is 2.25. The zero-order valence-electron chi connectivity index (χ0n) is 11.2. The van der Waals surface area contributed by atoms with Crippen LogP contribution in [0.1, 0.15) is 25.3 Å². The highest BCUT2D eigenvalue weighted by atomic mass is 16.5. The minimum absolute atomic E-state index is 0.104. The van der Waals surface area contributed by atoms with E-state index < -0.39 is 0 Å². The Labute approximate surface area is 113 Å². The number of hydrogen-bond acceptors (Lipinski definition) is 4. The van der Waals surface area contributed by atoms with E-state index in [1.165, 1.54) is 12.8 Å². The summed E-state index contributed by atoms with van der Waals surface area (Å²) in [6.07, 6.45) is 2.54. The van der Waals surface area contributed by atoms with Crippen molar-refractivity contribution in [3.63, 3.8) is 0 Å². The fourth-order valence-electron chi connectivity index (χ4n) is 2.28. The molecule has 0 aromatic heterocycles. The standard InChI is InChI=1S/C14H21N3O2/c1-10-8-12(9-10)16-6-7-19-13-4-2-11(3-5-13)14(15)17-18/h2-5,10,12,16,18H,6-9H2,1H3,(H2,15,17). The molecule has 1 aliphatic rings. The average Bonchev–Trinajstić information content (AvgIpc) is 2.41. The quantitative estimate of drug-likeness (QED) is 0.239. The van der Waals surface area contributed by atoms with E-state index in [9.17, 15) is 0 Å². The third-order valence-electron chi connectivity index (χ3n) is 3.44. The van der Waals surface area contributed by atoms with Gasteiger partial charge in [0.15, 0.2) is 5.84 Å². The van der Waals surface area contributed by atoms with E-state index in [1.54, 1.807) is 12.1 Å². The predicted molar refractivity (Wildman–Crippen MR) is 74.6 cm³/mol. The maximum atomic E-state index is 8.55. The number of nitrogens with one attached hydrogen (secondary N) is 1. The second-order valence-electron chi connectivity index (χ2n) is 5.09. The van der Waals surface area contributed by atoms with Crippen LogP contribution in [0.3, 0.4) is 0 Å². The van der Waals surface area contributed by atoms with Gasteiger partial charge < -0.3 is 21.0 Å². The summed E-state index contributed by atoms with van der Waals surface area (Å²) in [6, 6.07) is 7.84. The number of hydrogen-bond donors (Lipinski definition) is 3. The topological polar surface area (TPSA) is 79.9 Å². The molecule has 0 bridgehead atoms. The number of nitrogens with two attached hydrogens (primary N) is 1. The van der Waals surface area contributed by atoms with Gasteiger partial charge in [0.1, 0.15) is 12.4 Å². The molecule has 0 heterocycles. The van der Waals surface area contributed by atoms with Crippen molar-refractivity contribution >= 4 is 5.84 Å². The Hall–Kier alpha value is -1.75. The minimum atomic E-state index is 0.104. The molecular weight excluding hydrogens is 242 g/mol. The Morgan fingerprint density at radius 1 is 1.42 bits per heavy atom. The molecule has 0 amide bonds. The van der Waals surface area contributed by atoms with Crippen molar-refractivity contribution in [3.8, 4) is 5.75 Å². The van der Waals surface area contributed by atoms with Gasteiger partial charge in [0, 0.05) is 18.2 Å². The van der Waals surface area contributed by atoms with Gasteiger partial charge in [0.2, 0.25) is 0 Å². The summed E-state index contributed by atoms with van der Waals surface area (Å²) in [5.74, 6) is 1.76. The number of rotatable bonds is 6. The summed E-state index contributed by atoms with van der Waals surface area (Å²) in [4.78, 5) is 0. The molecule has 0 unspecified atom stereocenters. The van der Waals surface area contributed by atoms with Crippen LogP contribution in [0.5, 0.6) is 5.75 Å². The van der Waals surface area contributed by atoms with Crippen molar-refractivity contribution < 1.29 is 9.94 Å². The average molecular weight is 263 g/mol. The Balaban J connectivity index is 1.68. The lowest BCUT2D eigenvalue weighted by molar-refractivity contribution is 0.223. The molecule has 5 nitrogen and oxygen atoms in total. The third-order valence-corrected chi connectivity index (χ3v) is 3.44. The lowest BCUT2D eigenvalue weighted by Gasteiger charge is -2.33. The van der Waals surface area contributed by atoms with Gasteiger partial charge in [-0.15, -0.1) is 0 Å². The fourth-order valence-corrected chi connectivity index (χ4v) is 2.28. The zero-order chi connectivity index (χ0) is 13.7. The van der Waals surface area contributed by atoms with E-state index in [0.717, 1.165) is 18.2 Å². The van der Waals surface area contributed by atoms with Crippen LogP contribution in [0.15, 0.2) is 29.4 Å². The Kier molecular flexibility index (Phi) is 4.63. The second-order valence-corrected chi connectivity index (χ2v) is 5.09. The monoisotopic (exact) mass is 263 g/mol. The number of ether oxygens (including phenoxy) is 1. The molecule has 0 spiro atoms. The molecule has 5 heteroatoms. The number of amidine groups is 1. The predicted octanol–water partition coefficient (Wildman–Crippen LogP) is 1.55. The first kappa shape index (κ1) is 13.7. The van der Waals surface area contributed by atoms with Crippen LogP contribution in [0.4, 0.5) is 0 Å². The molecule has 1 fully saturated rings. The molecule has 0 atom stereocenters. The zero-order valence-corrected chi connectivity index (χ0v) is 11.2. The Morgan fingerprint density at radius 2 is 2.11 bits per heavy atom. The summed E-state index contributed by atoms with van der Waals surface area (Å²) in [5.41, 5.74) is 6.16. The fraction of sp³-hybridized carbons (Fsp3) is 0.500. The molecule has 0 aliphatic heterocycles. The first-order valence-electron chi connectivity index (χ1n) is 6.63. The molecule has 19 heavy (non-hydrogen) atoms. The van der Waals surface area contributed by atoms with Crippen molar-refractivity contribution in [1.82, 2.24) is 5.32 Å². The van der Waals surface area contributed by atoms with E-state index in [1.807, 2.05) is 12.1 Å². The summed E-state index contributed by atoms with van der Waals surface area (Å²) < 4.78 is 5.61. The molecule has 4 N–H and O–H groups in total. The highest BCUT2D eigenvalue weighted by Gasteiger charge is 2.24. The minimum Gasteiger partial charge on any atom is -0.492 e. The van der Waals surface area contributed by atoms with Gasteiger partial charge in [-0.3, -0.25) is 0 Å². The lowest BCUT2D eigenvalue weighted by atomic mass is 9.82. The first-order valence-corrected chi connectivity index (χ1v) is 6.63. The molecule has 2 rings (SSSR count). The molecule has 104 valence electrons. The third kappa shape index (κ3) is 3.86. The highest BCUT2D eigenvalue weighted by molar-refractivity contribution is 5.97. The summed E-state index contributed by atoms with van der Waals surface area (Å²) in [5, 5.41) is 15.0. The van der Waals surface area contributed by atoms with Crippen molar-refractivity contribution in [2.75, 3.05) is 13.2 Å². The molecular formula is C14H21N3O2. The van der Waals surface area contributed by atoms with E-state index in [4.69, 9.17) is 15.7 Å². The molecule has 1 saturated carbocycles. The van der Waals surface area contributed by atoms with Gasteiger partial charge >= 0.3 is 0 Å². The van der Waals surface area contributed by atoms with E-state index >= 15 is 0 Å². The summed E-state index contributed by atoms with van der Waals surface area (Å²) >= 11 is 0. The van der Waals surface area contributed by atoms with E-state index in [0.29, 0.717) is 18.2 Å². The molecule has 0 radical (unpaired) electrons. The summed E-state index contributed by atoms with van der Waals surface area (Å²) in [7, 11) is 0. The maximum Gasteiger partial charge on any atom is 0.170 e. The SMILES string of the molecule is CC1CC(NCCOc2ccc(/C(N)=N/O)cc2)C1. The van der Waals surface area contributed by atoms with E-state index in [2.05, 4.69) is 17.4 Å². The van der Waals surface area contributed by atoms with Crippen LogP contribution < -0.4 is 15.8 Å². The second kappa shape index (κ2) is 6.43. The maximum absolute atomic E-state index is 8.55. The van der Waals surface area contributed by atoms with Gasteiger partial charge in [0.05, 0.1) is 0 Å². The molecule has 1 aromatic carbocycles. The molecule has 1 aliphatic carbocycles. The smallest absolute Gasteiger partial charge is 0.170 e. The van der Waals surface area contributed by atoms with Crippen molar-refractivity contribution in [2.24, 2.45) is 16.8 Å². The lowest BCUT2D eigenvalue weighted by Crippen LogP contribution is -2.41. The normalized spacial score (nSPS) is 22.9. The van der Waals surface area contributed by atoms with Crippen LogP contribution >= 0.6 is 0 Å². The van der Waals surface area contributed by atoms with Crippen LogP contribution in [0.25, 0.3) is 0 Å². The molecule has 0 saturated heterocycles. The van der Waals surface area contributed by atoms with Crippen LogP contribution in [0, 0.1) is 5.92 Å². The van der Waals surface area contributed by atoms with Crippen LogP contribution in [0.2, 0.25) is 0 Å². The van der Waals surface area contributed by atoms with Gasteiger partial charge in [-0.2, -0.15) is 0 Å². The van der Waals surface area contributed by atoms with Crippen molar-refractivity contribution in [3.05, 3.63) is 29.8 Å². The molecule has 1 aromatic rings. The van der Waals surface area contributed by atoms with Crippen LogP contribution in [-0.4, -0.2) is 30.2 Å². The van der Waals surface area contributed by atoms with E-state index in [-0.39, 0.29) is 5.84 Å². The number of nitrogens with zero attached hydrogens (tertiary/aromatic N) is 1. The van der Waals surface area contributed by atoms with Gasteiger partial charge in [-0.25, -0.2) is 0 Å². The van der Waals surface area contributed by atoms with Crippen LogP contribution in [-0.2, 0) is 0 Å². The van der Waals surface area contributed by atoms with Gasteiger partial charge in [-0.05, 0) is 43.0 Å². The Bertz CT molecular complexity index is 425. The van der Waals surface area contributed by atoms with Crippen molar-refractivity contribution in [1.29, 1.82) is 0 Å². The largest absolute Gasteiger partial charge is 0.492 e. The van der Waals surface area contributed by atoms with Gasteiger partial charge in [0.25, 0.3) is 0 Å². The van der Waals surface area contributed by atoms with Crippen molar-refractivity contribution in [2.45, 2.75) is 25.8 Å². The number of oxime groups is 1.